The van der Waals surface area contributed by atoms with Gasteiger partial charge in [-0.1, -0.05) is 101 Å². The van der Waals surface area contributed by atoms with Crippen LogP contribution in [0.2, 0.25) is 0 Å². The molecule has 2 aromatic rings. The summed E-state index contributed by atoms with van der Waals surface area (Å²) in [5.41, 5.74) is 0. The SMILES string of the molecule is SCCCCCCCCCCSc1ccc(SCCCCCCCCCCS)c2ccccc12. The van der Waals surface area contributed by atoms with E-state index in [9.17, 15) is 0 Å². The fourth-order valence-electron chi connectivity index (χ4n) is 4.41. The second-order valence-electron chi connectivity index (χ2n) is 9.41. The Morgan fingerprint density at radius 1 is 0.412 bits per heavy atom. The summed E-state index contributed by atoms with van der Waals surface area (Å²) in [6, 6.07) is 13.8. The largest absolute Gasteiger partial charge is 0.179 e. The van der Waals surface area contributed by atoms with Crippen LogP contribution in [0, 0.1) is 0 Å². The highest BCUT2D eigenvalue weighted by Gasteiger charge is 2.07. The summed E-state index contributed by atoms with van der Waals surface area (Å²) in [5, 5.41) is 2.89. The van der Waals surface area contributed by atoms with E-state index >= 15 is 0 Å². The Balaban J connectivity index is 1.64. The molecule has 0 aliphatic carbocycles. The van der Waals surface area contributed by atoms with E-state index in [1.54, 1.807) is 0 Å². The van der Waals surface area contributed by atoms with E-state index < -0.39 is 0 Å². The first-order valence-corrected chi connectivity index (χ1v) is 17.1. The third-order valence-corrected chi connectivity index (χ3v) is 9.42. The maximum Gasteiger partial charge on any atom is 0.0151 e. The molecule has 0 fully saturated rings. The Morgan fingerprint density at radius 2 is 0.735 bits per heavy atom. The minimum atomic E-state index is 1.04. The smallest absolute Gasteiger partial charge is 0.0151 e. The van der Waals surface area contributed by atoms with Crippen LogP contribution in [0.15, 0.2) is 46.2 Å². The van der Waals surface area contributed by atoms with E-state index in [2.05, 4.69) is 85.2 Å². The van der Waals surface area contributed by atoms with E-state index in [1.807, 2.05) is 0 Å². The monoisotopic (exact) mass is 536 g/mol. The minimum absolute atomic E-state index is 1.04. The average Bonchev–Trinajstić information content (AvgIpc) is 2.87. The van der Waals surface area contributed by atoms with Gasteiger partial charge in [-0.25, -0.2) is 0 Å². The highest BCUT2D eigenvalue weighted by molar-refractivity contribution is 8.00. The number of rotatable bonds is 22. The van der Waals surface area contributed by atoms with Gasteiger partial charge in [0.25, 0.3) is 0 Å². The topological polar surface area (TPSA) is 0 Å². The highest BCUT2D eigenvalue weighted by atomic mass is 32.2. The van der Waals surface area contributed by atoms with Gasteiger partial charge >= 0.3 is 0 Å². The van der Waals surface area contributed by atoms with Crippen molar-refractivity contribution in [3.63, 3.8) is 0 Å². The fraction of sp³-hybridized carbons (Fsp3) is 0.667. The van der Waals surface area contributed by atoms with Gasteiger partial charge in [-0.3, -0.25) is 0 Å². The Bertz CT molecular complexity index is 683. The van der Waals surface area contributed by atoms with Gasteiger partial charge in [0.15, 0.2) is 0 Å². The number of thiol groups is 2. The van der Waals surface area contributed by atoms with Crippen molar-refractivity contribution in [2.75, 3.05) is 23.0 Å². The first-order chi connectivity index (χ1) is 16.9. The molecule has 0 amide bonds. The molecule has 0 aliphatic heterocycles. The lowest BCUT2D eigenvalue weighted by Gasteiger charge is -2.11. The van der Waals surface area contributed by atoms with E-state index in [1.165, 1.54) is 135 Å². The molecule has 2 rings (SSSR count). The molecule has 4 heteroatoms. The molecule has 0 radical (unpaired) electrons. The van der Waals surface area contributed by atoms with Gasteiger partial charge in [0.1, 0.15) is 0 Å². The Hall–Kier alpha value is 0.1000. The van der Waals surface area contributed by atoms with Crippen LogP contribution < -0.4 is 0 Å². The number of hydrogen-bond donors (Lipinski definition) is 2. The number of unbranched alkanes of at least 4 members (excludes halogenated alkanes) is 14. The summed E-state index contributed by atoms with van der Waals surface area (Å²) in [4.78, 5) is 2.93. The van der Waals surface area contributed by atoms with Crippen LogP contribution in [-0.4, -0.2) is 23.0 Å². The highest BCUT2D eigenvalue weighted by Crippen LogP contribution is 2.35. The standard InChI is InChI=1S/C30H48S4/c31-23-15-9-5-1-3-7-11-17-25-33-29-21-22-30(28-20-14-13-19-27(28)29)34-26-18-12-8-4-2-6-10-16-24-32/h13-14,19-22,31-32H,1-12,15-18,23-26H2. The van der Waals surface area contributed by atoms with Crippen molar-refractivity contribution in [3.05, 3.63) is 36.4 Å². The van der Waals surface area contributed by atoms with E-state index in [0.29, 0.717) is 0 Å². The summed E-state index contributed by atoms with van der Waals surface area (Å²) < 4.78 is 0. The minimum Gasteiger partial charge on any atom is -0.179 e. The normalized spacial score (nSPS) is 11.5. The molecular weight excluding hydrogens is 489 g/mol. The van der Waals surface area contributed by atoms with Gasteiger partial charge < -0.3 is 0 Å². The molecule has 0 spiro atoms. The zero-order chi connectivity index (χ0) is 24.1. The second-order valence-corrected chi connectivity index (χ2v) is 12.6. The average molecular weight is 537 g/mol. The first-order valence-electron chi connectivity index (χ1n) is 13.9. The van der Waals surface area contributed by atoms with E-state index in [4.69, 9.17) is 0 Å². The number of hydrogen-bond acceptors (Lipinski definition) is 4. The van der Waals surface area contributed by atoms with Crippen LogP contribution in [0.3, 0.4) is 0 Å². The maximum absolute atomic E-state index is 4.29. The third kappa shape index (κ3) is 13.4. The molecule has 0 bridgehead atoms. The van der Waals surface area contributed by atoms with Crippen molar-refractivity contribution in [3.8, 4) is 0 Å². The summed E-state index contributed by atoms with van der Waals surface area (Å²) in [6.45, 7) is 0. The van der Waals surface area contributed by atoms with Gasteiger partial charge in [0, 0.05) is 9.79 Å². The van der Waals surface area contributed by atoms with Gasteiger partial charge in [-0.2, -0.15) is 25.3 Å². The molecule has 0 N–H and O–H groups in total. The van der Waals surface area contributed by atoms with Crippen molar-refractivity contribution < 1.29 is 0 Å². The molecule has 0 aromatic heterocycles. The van der Waals surface area contributed by atoms with Crippen LogP contribution in [0.25, 0.3) is 10.8 Å². The number of fused-ring (bicyclic) bond motifs is 1. The molecule has 0 aliphatic rings. The molecule has 0 heterocycles. The zero-order valence-electron chi connectivity index (χ0n) is 21.3. The number of benzene rings is 2. The Morgan fingerprint density at radius 3 is 1.09 bits per heavy atom. The molecule has 192 valence electrons. The lowest BCUT2D eigenvalue weighted by Crippen LogP contribution is -1.87. The molecule has 2 aromatic carbocycles. The van der Waals surface area contributed by atoms with Crippen molar-refractivity contribution >= 4 is 59.6 Å². The van der Waals surface area contributed by atoms with Gasteiger partial charge in [-0.15, -0.1) is 23.5 Å². The lowest BCUT2D eigenvalue weighted by atomic mass is 10.1. The second kappa shape index (κ2) is 21.2. The van der Waals surface area contributed by atoms with Crippen molar-refractivity contribution in [1.29, 1.82) is 0 Å². The Kier molecular flexibility index (Phi) is 18.9. The van der Waals surface area contributed by atoms with Crippen LogP contribution in [-0.2, 0) is 0 Å². The zero-order valence-corrected chi connectivity index (χ0v) is 24.7. The van der Waals surface area contributed by atoms with Crippen LogP contribution >= 0.6 is 48.8 Å². The molecule has 0 saturated heterocycles. The van der Waals surface area contributed by atoms with Gasteiger partial charge in [0.2, 0.25) is 0 Å². The molecular formula is C30H48S4. The first kappa shape index (κ1) is 30.3. The van der Waals surface area contributed by atoms with Crippen LogP contribution in [0.5, 0.6) is 0 Å². The number of thioether (sulfide) groups is 2. The van der Waals surface area contributed by atoms with Crippen molar-refractivity contribution in [1.82, 2.24) is 0 Å². The van der Waals surface area contributed by atoms with Gasteiger partial charge in [-0.05, 0) is 71.6 Å². The Labute approximate surface area is 230 Å². The summed E-state index contributed by atoms with van der Waals surface area (Å²) in [7, 11) is 0. The van der Waals surface area contributed by atoms with Crippen molar-refractivity contribution in [2.24, 2.45) is 0 Å². The molecule has 0 unspecified atom stereocenters. The summed E-state index contributed by atoms with van der Waals surface area (Å²) in [5.74, 6) is 4.57. The van der Waals surface area contributed by atoms with Gasteiger partial charge in [0.05, 0.1) is 0 Å². The molecule has 34 heavy (non-hydrogen) atoms. The van der Waals surface area contributed by atoms with E-state index in [0.717, 1.165) is 11.5 Å². The molecule has 0 atom stereocenters. The maximum atomic E-state index is 4.29. The molecule has 0 saturated carbocycles. The molecule has 0 nitrogen and oxygen atoms in total. The van der Waals surface area contributed by atoms with Crippen molar-refractivity contribution in [2.45, 2.75) is 113 Å². The quantitative estimate of drug-likeness (QED) is 0.0872. The van der Waals surface area contributed by atoms with Crippen LogP contribution in [0.1, 0.15) is 103 Å². The predicted octanol–water partition coefficient (Wildman–Crippen LogP) is 11.1. The third-order valence-electron chi connectivity index (χ3n) is 6.46. The predicted molar refractivity (Wildman–Crippen MR) is 167 cm³/mol. The van der Waals surface area contributed by atoms with E-state index in [-0.39, 0.29) is 0 Å². The summed E-state index contributed by atoms with van der Waals surface area (Å²) in [6.07, 6.45) is 21.9. The summed E-state index contributed by atoms with van der Waals surface area (Å²) >= 11 is 12.7. The fourth-order valence-corrected chi connectivity index (χ4v) is 6.99. The van der Waals surface area contributed by atoms with Crippen LogP contribution in [0.4, 0.5) is 0 Å². The lowest BCUT2D eigenvalue weighted by molar-refractivity contribution is 0.588.